The quantitative estimate of drug-likeness (QED) is 0.784. The SMILES string of the molecule is CCc1cccc(-n2nnc3c(=O)[nH]c(CC)nc32)c1. The Labute approximate surface area is 115 Å². The van der Waals surface area contributed by atoms with Gasteiger partial charge in [0, 0.05) is 6.42 Å². The number of H-pyrrole nitrogens is 1. The zero-order valence-corrected chi connectivity index (χ0v) is 11.4. The number of fused-ring (bicyclic) bond motifs is 1. The van der Waals surface area contributed by atoms with Crippen molar-refractivity contribution >= 4 is 11.2 Å². The summed E-state index contributed by atoms with van der Waals surface area (Å²) in [7, 11) is 0. The molecule has 1 N–H and O–H groups in total. The number of nitrogens with one attached hydrogen (secondary N) is 1. The van der Waals surface area contributed by atoms with Crippen molar-refractivity contribution in [3.8, 4) is 5.69 Å². The summed E-state index contributed by atoms with van der Waals surface area (Å²) in [6.07, 6.45) is 1.60. The number of aromatic nitrogens is 5. The third-order valence-electron chi connectivity index (χ3n) is 3.26. The van der Waals surface area contributed by atoms with Crippen LogP contribution in [0.5, 0.6) is 0 Å². The highest BCUT2D eigenvalue weighted by Gasteiger charge is 2.12. The molecule has 6 heteroatoms. The molecule has 20 heavy (non-hydrogen) atoms. The molecule has 2 aromatic heterocycles. The van der Waals surface area contributed by atoms with Crippen LogP contribution < -0.4 is 5.56 Å². The van der Waals surface area contributed by atoms with Crippen LogP contribution in [-0.4, -0.2) is 25.0 Å². The summed E-state index contributed by atoms with van der Waals surface area (Å²) in [4.78, 5) is 19.0. The van der Waals surface area contributed by atoms with Crippen LogP contribution in [0.4, 0.5) is 0 Å². The molecule has 0 aliphatic rings. The van der Waals surface area contributed by atoms with Gasteiger partial charge in [-0.1, -0.05) is 31.2 Å². The van der Waals surface area contributed by atoms with Crippen molar-refractivity contribution in [1.29, 1.82) is 0 Å². The van der Waals surface area contributed by atoms with Gasteiger partial charge in [-0.15, -0.1) is 5.10 Å². The number of hydrogen-bond donors (Lipinski definition) is 1. The fourth-order valence-corrected chi connectivity index (χ4v) is 2.12. The van der Waals surface area contributed by atoms with Gasteiger partial charge in [-0.2, -0.15) is 4.68 Å². The molecule has 102 valence electrons. The first-order chi connectivity index (χ1) is 9.72. The van der Waals surface area contributed by atoms with Gasteiger partial charge in [0.05, 0.1) is 5.69 Å². The van der Waals surface area contributed by atoms with Gasteiger partial charge in [0.25, 0.3) is 5.56 Å². The fraction of sp³-hybridized carbons (Fsp3) is 0.286. The minimum Gasteiger partial charge on any atom is -0.308 e. The maximum atomic E-state index is 11.9. The van der Waals surface area contributed by atoms with Crippen LogP contribution in [0.25, 0.3) is 16.9 Å². The van der Waals surface area contributed by atoms with E-state index in [2.05, 4.69) is 33.3 Å². The summed E-state index contributed by atoms with van der Waals surface area (Å²) in [5.74, 6) is 0.637. The van der Waals surface area contributed by atoms with Gasteiger partial charge in [-0.3, -0.25) is 4.79 Å². The van der Waals surface area contributed by atoms with Crippen LogP contribution in [0.1, 0.15) is 25.2 Å². The van der Waals surface area contributed by atoms with Crippen molar-refractivity contribution in [1.82, 2.24) is 25.0 Å². The Kier molecular flexibility index (Phi) is 3.06. The Bertz CT molecular complexity index is 818. The molecule has 2 heterocycles. The lowest BCUT2D eigenvalue weighted by molar-refractivity contribution is 0.812. The lowest BCUT2D eigenvalue weighted by Crippen LogP contribution is -2.12. The van der Waals surface area contributed by atoms with Gasteiger partial charge in [-0.05, 0) is 24.1 Å². The monoisotopic (exact) mass is 269 g/mol. The molecule has 0 spiro atoms. The van der Waals surface area contributed by atoms with Crippen molar-refractivity contribution in [2.24, 2.45) is 0 Å². The molecule has 0 amide bonds. The van der Waals surface area contributed by atoms with E-state index in [9.17, 15) is 4.79 Å². The van der Waals surface area contributed by atoms with Gasteiger partial charge < -0.3 is 4.98 Å². The second-order valence-electron chi connectivity index (χ2n) is 4.56. The van der Waals surface area contributed by atoms with E-state index in [0.29, 0.717) is 17.9 Å². The van der Waals surface area contributed by atoms with Crippen LogP contribution in [0.3, 0.4) is 0 Å². The van der Waals surface area contributed by atoms with Gasteiger partial charge in [0.2, 0.25) is 0 Å². The number of benzene rings is 1. The van der Waals surface area contributed by atoms with Gasteiger partial charge in [0.1, 0.15) is 5.82 Å². The average molecular weight is 269 g/mol. The van der Waals surface area contributed by atoms with Gasteiger partial charge >= 0.3 is 0 Å². The fourth-order valence-electron chi connectivity index (χ4n) is 2.12. The molecule has 0 saturated heterocycles. The highest BCUT2D eigenvalue weighted by atomic mass is 16.1. The van der Waals surface area contributed by atoms with Crippen molar-refractivity contribution in [2.75, 3.05) is 0 Å². The Morgan fingerprint density at radius 3 is 2.85 bits per heavy atom. The highest BCUT2D eigenvalue weighted by Crippen LogP contribution is 2.14. The van der Waals surface area contributed by atoms with E-state index in [1.807, 2.05) is 25.1 Å². The van der Waals surface area contributed by atoms with Crippen LogP contribution in [0, 0.1) is 0 Å². The van der Waals surface area contributed by atoms with E-state index in [1.54, 1.807) is 4.68 Å². The van der Waals surface area contributed by atoms with E-state index in [1.165, 1.54) is 5.56 Å². The molecule has 0 saturated carbocycles. The lowest BCUT2D eigenvalue weighted by Gasteiger charge is -2.04. The molecule has 0 atom stereocenters. The molecule has 0 fully saturated rings. The number of aryl methyl sites for hydroxylation is 2. The lowest BCUT2D eigenvalue weighted by atomic mass is 10.1. The van der Waals surface area contributed by atoms with E-state index < -0.39 is 0 Å². The van der Waals surface area contributed by atoms with Crippen LogP contribution in [0.15, 0.2) is 29.1 Å². The molecule has 0 radical (unpaired) electrons. The summed E-state index contributed by atoms with van der Waals surface area (Å²) in [6, 6.07) is 7.99. The zero-order valence-electron chi connectivity index (χ0n) is 11.4. The van der Waals surface area contributed by atoms with Crippen molar-refractivity contribution in [3.05, 3.63) is 46.0 Å². The molecule has 3 aromatic rings. The molecular formula is C14H15N5O. The van der Waals surface area contributed by atoms with Crippen molar-refractivity contribution < 1.29 is 0 Å². The minimum atomic E-state index is -0.246. The standard InChI is InChI=1S/C14H15N5O/c1-3-9-6-5-7-10(8-9)19-13-12(17-18-19)14(20)16-11(4-2)15-13/h5-8H,3-4H2,1-2H3,(H,15,16,20). The molecule has 3 rings (SSSR count). The first kappa shape index (κ1) is 12.5. The molecular weight excluding hydrogens is 254 g/mol. The number of hydrogen-bond acceptors (Lipinski definition) is 4. The van der Waals surface area contributed by atoms with Crippen molar-refractivity contribution in [3.63, 3.8) is 0 Å². The van der Waals surface area contributed by atoms with Gasteiger partial charge in [0.15, 0.2) is 11.2 Å². The van der Waals surface area contributed by atoms with E-state index in [-0.39, 0.29) is 11.1 Å². The van der Waals surface area contributed by atoms with E-state index >= 15 is 0 Å². The summed E-state index contributed by atoms with van der Waals surface area (Å²) in [5.41, 5.74) is 2.59. The predicted molar refractivity (Wildman–Crippen MR) is 76.0 cm³/mol. The third kappa shape index (κ3) is 1.99. The summed E-state index contributed by atoms with van der Waals surface area (Å²) in [6.45, 7) is 4.03. The highest BCUT2D eigenvalue weighted by molar-refractivity contribution is 5.70. The molecule has 0 aliphatic heterocycles. The van der Waals surface area contributed by atoms with Crippen LogP contribution in [-0.2, 0) is 12.8 Å². The maximum absolute atomic E-state index is 11.9. The van der Waals surface area contributed by atoms with Crippen LogP contribution >= 0.6 is 0 Å². The number of rotatable bonds is 3. The second kappa shape index (κ2) is 4.88. The maximum Gasteiger partial charge on any atom is 0.281 e. The first-order valence-corrected chi connectivity index (χ1v) is 6.66. The molecule has 6 nitrogen and oxygen atoms in total. The Morgan fingerprint density at radius 2 is 2.10 bits per heavy atom. The number of aromatic amines is 1. The zero-order chi connectivity index (χ0) is 14.1. The molecule has 0 aliphatic carbocycles. The van der Waals surface area contributed by atoms with Gasteiger partial charge in [-0.25, -0.2) is 4.98 Å². The Morgan fingerprint density at radius 1 is 1.25 bits per heavy atom. The number of nitrogens with zero attached hydrogens (tertiary/aromatic N) is 4. The smallest absolute Gasteiger partial charge is 0.281 e. The average Bonchev–Trinajstić information content (AvgIpc) is 2.91. The first-order valence-electron chi connectivity index (χ1n) is 6.66. The molecule has 0 unspecified atom stereocenters. The third-order valence-corrected chi connectivity index (χ3v) is 3.26. The van der Waals surface area contributed by atoms with Crippen LogP contribution in [0.2, 0.25) is 0 Å². The molecule has 1 aromatic carbocycles. The second-order valence-corrected chi connectivity index (χ2v) is 4.56. The summed E-state index contributed by atoms with van der Waals surface area (Å²) >= 11 is 0. The minimum absolute atomic E-state index is 0.246. The summed E-state index contributed by atoms with van der Waals surface area (Å²) < 4.78 is 1.61. The normalized spacial score (nSPS) is 11.1. The van der Waals surface area contributed by atoms with E-state index in [4.69, 9.17) is 0 Å². The van der Waals surface area contributed by atoms with Crippen molar-refractivity contribution in [2.45, 2.75) is 26.7 Å². The summed E-state index contributed by atoms with van der Waals surface area (Å²) in [5, 5.41) is 7.99. The topological polar surface area (TPSA) is 76.5 Å². The molecule has 0 bridgehead atoms. The van der Waals surface area contributed by atoms with E-state index in [0.717, 1.165) is 12.1 Å². The Hall–Kier alpha value is -2.50. The Balaban J connectivity index is 2.25. The predicted octanol–water partition coefficient (Wildman–Crippen LogP) is 1.63. The largest absolute Gasteiger partial charge is 0.308 e.